The zero-order valence-electron chi connectivity index (χ0n) is 10.3. The first-order valence-electron chi connectivity index (χ1n) is 6.17. The van der Waals surface area contributed by atoms with Gasteiger partial charge in [-0.05, 0) is 43.4 Å². The van der Waals surface area contributed by atoms with Crippen molar-refractivity contribution in [1.82, 2.24) is 0 Å². The van der Waals surface area contributed by atoms with Crippen molar-refractivity contribution in [3.63, 3.8) is 0 Å². The maximum atomic E-state index is 12.6. The molecule has 0 amide bonds. The molecule has 1 aliphatic rings. The summed E-state index contributed by atoms with van der Waals surface area (Å²) in [7, 11) is -1.14. The number of nitrogens with zero attached hydrogens (tertiary/aromatic N) is 1. The molecule has 1 aromatic carbocycles. The van der Waals surface area contributed by atoms with Crippen LogP contribution in [0.25, 0.3) is 0 Å². The van der Waals surface area contributed by atoms with E-state index in [0.717, 1.165) is 24.2 Å². The molecule has 1 fully saturated rings. The Kier molecular flexibility index (Phi) is 4.42. The lowest BCUT2D eigenvalue weighted by molar-refractivity contribution is 0.341. The molecule has 96 valence electrons. The molecule has 4 unspecified atom stereocenters. The van der Waals surface area contributed by atoms with Gasteiger partial charge in [0.1, 0.15) is 0 Å². The zero-order chi connectivity index (χ0) is 13.1. The fourth-order valence-corrected chi connectivity index (χ4v) is 4.54. The van der Waals surface area contributed by atoms with Gasteiger partial charge in [0.05, 0.1) is 28.0 Å². The highest BCUT2D eigenvalue weighted by atomic mass is 35.5. The second-order valence-electron chi connectivity index (χ2n) is 4.95. The van der Waals surface area contributed by atoms with Gasteiger partial charge in [0.2, 0.25) is 0 Å². The van der Waals surface area contributed by atoms with E-state index in [9.17, 15) is 9.47 Å². The topological polar surface area (TPSA) is 40.9 Å². The van der Waals surface area contributed by atoms with Gasteiger partial charge < -0.3 is 0 Å². The number of hydrogen-bond acceptors (Lipinski definition) is 2. The minimum absolute atomic E-state index is 0.0581. The summed E-state index contributed by atoms with van der Waals surface area (Å²) in [5.74, 6) is 0.448. The van der Waals surface area contributed by atoms with Crippen molar-refractivity contribution < 1.29 is 4.21 Å². The standard InChI is InChI=1S/C14H16ClNOS/c1-10-5-6-11(9-16)14(7-10)18(17)13-4-2-3-12(15)8-13/h2-4,8,10-11,14H,5-7H2,1H3. The van der Waals surface area contributed by atoms with Gasteiger partial charge in [-0.3, -0.25) is 4.21 Å². The van der Waals surface area contributed by atoms with Crippen LogP contribution in [0.4, 0.5) is 0 Å². The van der Waals surface area contributed by atoms with E-state index in [0.29, 0.717) is 10.9 Å². The molecule has 0 N–H and O–H groups in total. The Morgan fingerprint density at radius 3 is 2.89 bits per heavy atom. The SMILES string of the molecule is CC1CCC(C#N)C(S(=O)c2cccc(Cl)c2)C1. The van der Waals surface area contributed by atoms with E-state index in [1.54, 1.807) is 12.1 Å². The largest absolute Gasteiger partial charge is 0.254 e. The molecule has 0 spiro atoms. The minimum atomic E-state index is -1.14. The van der Waals surface area contributed by atoms with Crippen molar-refractivity contribution in [3.05, 3.63) is 29.3 Å². The average Bonchev–Trinajstić information content (AvgIpc) is 2.38. The molecule has 0 aliphatic heterocycles. The highest BCUT2D eigenvalue weighted by molar-refractivity contribution is 7.85. The molecule has 4 heteroatoms. The molecule has 2 rings (SSSR count). The second-order valence-corrected chi connectivity index (χ2v) is 7.06. The molecule has 18 heavy (non-hydrogen) atoms. The number of benzene rings is 1. The van der Waals surface area contributed by atoms with Crippen LogP contribution in [0.15, 0.2) is 29.2 Å². The first-order valence-corrected chi connectivity index (χ1v) is 7.76. The minimum Gasteiger partial charge on any atom is -0.254 e. The van der Waals surface area contributed by atoms with Crippen LogP contribution >= 0.6 is 11.6 Å². The van der Waals surface area contributed by atoms with Crippen LogP contribution in [0.3, 0.4) is 0 Å². The van der Waals surface area contributed by atoms with E-state index >= 15 is 0 Å². The van der Waals surface area contributed by atoms with E-state index in [2.05, 4.69) is 13.0 Å². The number of hydrogen-bond donors (Lipinski definition) is 0. The Morgan fingerprint density at radius 1 is 1.44 bits per heavy atom. The monoisotopic (exact) mass is 281 g/mol. The summed E-state index contributed by atoms with van der Waals surface area (Å²) in [6, 6.07) is 9.46. The van der Waals surface area contributed by atoms with Crippen LogP contribution in [0.5, 0.6) is 0 Å². The Hall–Kier alpha value is -0.850. The molecular weight excluding hydrogens is 266 g/mol. The predicted molar refractivity (Wildman–Crippen MR) is 73.8 cm³/mol. The second kappa shape index (κ2) is 5.86. The number of nitriles is 1. The summed E-state index contributed by atoms with van der Waals surface area (Å²) in [4.78, 5) is 0.738. The smallest absolute Gasteiger partial charge is 0.0668 e. The number of halogens is 1. The van der Waals surface area contributed by atoms with Gasteiger partial charge in [-0.2, -0.15) is 5.26 Å². The Bertz CT molecular complexity index is 497. The van der Waals surface area contributed by atoms with Crippen molar-refractivity contribution in [3.8, 4) is 6.07 Å². The van der Waals surface area contributed by atoms with Crippen molar-refractivity contribution >= 4 is 22.4 Å². The molecule has 1 aliphatic carbocycles. The van der Waals surface area contributed by atoms with Crippen LogP contribution in [-0.4, -0.2) is 9.46 Å². The van der Waals surface area contributed by atoms with E-state index in [1.165, 1.54) is 0 Å². The predicted octanol–water partition coefficient (Wildman–Crippen LogP) is 3.78. The van der Waals surface area contributed by atoms with Crippen LogP contribution in [-0.2, 0) is 10.8 Å². The zero-order valence-corrected chi connectivity index (χ0v) is 11.9. The molecule has 1 saturated carbocycles. The first-order chi connectivity index (χ1) is 8.61. The lowest BCUT2D eigenvalue weighted by atomic mass is 9.83. The highest BCUT2D eigenvalue weighted by Gasteiger charge is 2.33. The Balaban J connectivity index is 2.23. The highest BCUT2D eigenvalue weighted by Crippen LogP contribution is 2.34. The van der Waals surface area contributed by atoms with Crippen LogP contribution in [0.1, 0.15) is 26.2 Å². The van der Waals surface area contributed by atoms with E-state index < -0.39 is 10.8 Å². The Labute approximate surface area is 115 Å². The van der Waals surface area contributed by atoms with E-state index in [-0.39, 0.29) is 11.2 Å². The molecule has 2 nitrogen and oxygen atoms in total. The molecule has 0 heterocycles. The lowest BCUT2D eigenvalue weighted by Gasteiger charge is -2.30. The third kappa shape index (κ3) is 2.93. The number of rotatable bonds is 2. The Morgan fingerprint density at radius 2 is 2.22 bits per heavy atom. The van der Waals surface area contributed by atoms with Crippen LogP contribution in [0, 0.1) is 23.2 Å². The van der Waals surface area contributed by atoms with Crippen LogP contribution in [0.2, 0.25) is 5.02 Å². The van der Waals surface area contributed by atoms with E-state index in [1.807, 2.05) is 12.1 Å². The molecule has 4 atom stereocenters. The van der Waals surface area contributed by atoms with Gasteiger partial charge >= 0.3 is 0 Å². The van der Waals surface area contributed by atoms with E-state index in [4.69, 9.17) is 11.6 Å². The third-order valence-corrected chi connectivity index (χ3v) is 5.55. The summed E-state index contributed by atoms with van der Waals surface area (Å²) < 4.78 is 12.6. The maximum absolute atomic E-state index is 12.6. The maximum Gasteiger partial charge on any atom is 0.0668 e. The average molecular weight is 282 g/mol. The fourth-order valence-electron chi connectivity index (χ4n) is 2.48. The third-order valence-electron chi connectivity index (χ3n) is 3.52. The van der Waals surface area contributed by atoms with Gasteiger partial charge in [0.25, 0.3) is 0 Å². The van der Waals surface area contributed by atoms with Crippen LogP contribution < -0.4 is 0 Å². The lowest BCUT2D eigenvalue weighted by Crippen LogP contribution is -2.31. The molecular formula is C14H16ClNOS. The summed E-state index contributed by atoms with van der Waals surface area (Å²) >= 11 is 5.93. The molecule has 0 radical (unpaired) electrons. The quantitative estimate of drug-likeness (QED) is 0.828. The summed E-state index contributed by atoms with van der Waals surface area (Å²) in [5.41, 5.74) is 0. The molecule has 1 aromatic rings. The summed E-state index contributed by atoms with van der Waals surface area (Å²) in [6.45, 7) is 2.16. The van der Waals surface area contributed by atoms with Gasteiger partial charge in [-0.1, -0.05) is 24.6 Å². The van der Waals surface area contributed by atoms with Gasteiger partial charge in [0, 0.05) is 9.92 Å². The summed E-state index contributed by atoms with van der Waals surface area (Å²) in [5, 5.41) is 9.73. The van der Waals surface area contributed by atoms with Crippen molar-refractivity contribution in [2.45, 2.75) is 36.3 Å². The van der Waals surface area contributed by atoms with Crippen molar-refractivity contribution in [2.75, 3.05) is 0 Å². The molecule has 0 saturated heterocycles. The first kappa shape index (κ1) is 13.6. The van der Waals surface area contributed by atoms with Gasteiger partial charge in [0.15, 0.2) is 0 Å². The normalized spacial score (nSPS) is 29.5. The van der Waals surface area contributed by atoms with Gasteiger partial charge in [-0.15, -0.1) is 0 Å². The molecule has 0 aromatic heterocycles. The fraction of sp³-hybridized carbons (Fsp3) is 0.500. The van der Waals surface area contributed by atoms with Gasteiger partial charge in [-0.25, -0.2) is 0 Å². The van der Waals surface area contributed by atoms with Crippen molar-refractivity contribution in [2.24, 2.45) is 11.8 Å². The molecule has 0 bridgehead atoms. The van der Waals surface area contributed by atoms with Crippen molar-refractivity contribution in [1.29, 1.82) is 5.26 Å². The summed E-state index contributed by atoms with van der Waals surface area (Å²) in [6.07, 6.45) is 2.77.